The predicted octanol–water partition coefficient (Wildman–Crippen LogP) is 3.63. The molecular formula is C17H26F2N2. The molecule has 1 aliphatic rings. The molecule has 2 rings (SSSR count). The molecular weight excluding hydrogens is 270 g/mol. The van der Waals surface area contributed by atoms with E-state index in [1.165, 1.54) is 12.1 Å². The molecule has 0 spiro atoms. The molecule has 0 saturated carbocycles. The van der Waals surface area contributed by atoms with Gasteiger partial charge < -0.3 is 5.32 Å². The molecule has 0 bridgehead atoms. The number of hydrogen-bond acceptors (Lipinski definition) is 2. The number of nitrogens with one attached hydrogen (secondary N) is 1. The van der Waals surface area contributed by atoms with Gasteiger partial charge >= 0.3 is 0 Å². The first-order valence-electron chi connectivity index (χ1n) is 7.82. The Morgan fingerprint density at radius 2 is 1.95 bits per heavy atom. The summed E-state index contributed by atoms with van der Waals surface area (Å²) >= 11 is 0. The van der Waals surface area contributed by atoms with Gasteiger partial charge in [-0.25, -0.2) is 0 Å². The fraction of sp³-hybridized carbons (Fsp3) is 0.647. The highest BCUT2D eigenvalue weighted by Gasteiger charge is 2.40. The van der Waals surface area contributed by atoms with Crippen LogP contribution < -0.4 is 5.32 Å². The Kier molecular flexibility index (Phi) is 4.99. The second-order valence-corrected chi connectivity index (χ2v) is 6.33. The summed E-state index contributed by atoms with van der Waals surface area (Å²) in [5.74, 6) is -2.80. The summed E-state index contributed by atoms with van der Waals surface area (Å²) in [6.07, 6.45) is 1.83. The number of rotatable bonds is 5. The highest BCUT2D eigenvalue weighted by Crippen LogP contribution is 2.31. The lowest BCUT2D eigenvalue weighted by Crippen LogP contribution is -2.63. The van der Waals surface area contributed by atoms with E-state index in [9.17, 15) is 8.78 Å². The Morgan fingerprint density at radius 1 is 1.29 bits per heavy atom. The average molecular weight is 296 g/mol. The lowest BCUT2D eigenvalue weighted by atomic mass is 9.92. The normalized spacial score (nSPS) is 27.8. The second kappa shape index (κ2) is 6.41. The molecule has 1 aromatic rings. The van der Waals surface area contributed by atoms with Crippen LogP contribution in [0.1, 0.15) is 39.2 Å². The first-order chi connectivity index (χ1) is 9.90. The molecule has 1 fully saturated rings. The summed E-state index contributed by atoms with van der Waals surface area (Å²) in [5.41, 5.74) is 0.0370. The average Bonchev–Trinajstić information content (AvgIpc) is 2.48. The molecule has 2 unspecified atom stereocenters. The zero-order chi connectivity index (χ0) is 15.5. The van der Waals surface area contributed by atoms with Gasteiger partial charge in [-0.2, -0.15) is 8.78 Å². The second-order valence-electron chi connectivity index (χ2n) is 6.33. The number of hydrogen-bond donors (Lipinski definition) is 1. The zero-order valence-electron chi connectivity index (χ0n) is 13.2. The first-order valence-corrected chi connectivity index (χ1v) is 7.82. The monoisotopic (exact) mass is 296 g/mol. The Morgan fingerprint density at radius 3 is 2.52 bits per heavy atom. The molecule has 0 aliphatic carbocycles. The van der Waals surface area contributed by atoms with E-state index in [0.29, 0.717) is 6.54 Å². The maximum absolute atomic E-state index is 14.5. The topological polar surface area (TPSA) is 15.3 Å². The third kappa shape index (κ3) is 3.80. The zero-order valence-corrected chi connectivity index (χ0v) is 13.2. The summed E-state index contributed by atoms with van der Waals surface area (Å²) in [6, 6.07) is 8.33. The molecule has 118 valence electrons. The largest absolute Gasteiger partial charge is 0.309 e. The highest BCUT2D eigenvalue weighted by molar-refractivity contribution is 5.20. The van der Waals surface area contributed by atoms with Crippen LogP contribution >= 0.6 is 0 Å². The van der Waals surface area contributed by atoms with Crippen molar-refractivity contribution in [2.75, 3.05) is 19.6 Å². The van der Waals surface area contributed by atoms with Gasteiger partial charge in [0.1, 0.15) is 0 Å². The number of halogens is 2. The number of benzene rings is 1. The van der Waals surface area contributed by atoms with Gasteiger partial charge in [0.25, 0.3) is 5.92 Å². The third-order valence-corrected chi connectivity index (χ3v) is 4.68. The quantitative estimate of drug-likeness (QED) is 0.892. The van der Waals surface area contributed by atoms with E-state index in [1.807, 2.05) is 4.90 Å². The summed E-state index contributed by atoms with van der Waals surface area (Å²) in [6.45, 7) is 7.54. The molecule has 2 nitrogen and oxygen atoms in total. The van der Waals surface area contributed by atoms with Gasteiger partial charge in [0.05, 0.1) is 6.54 Å². The molecule has 1 heterocycles. The van der Waals surface area contributed by atoms with Gasteiger partial charge in [-0.3, -0.25) is 4.90 Å². The minimum atomic E-state index is -2.80. The van der Waals surface area contributed by atoms with Crippen LogP contribution in [-0.2, 0) is 5.92 Å². The van der Waals surface area contributed by atoms with Crippen LogP contribution in [0.3, 0.4) is 0 Å². The van der Waals surface area contributed by atoms with Crippen molar-refractivity contribution in [1.82, 2.24) is 10.2 Å². The number of nitrogens with zero attached hydrogens (tertiary/aromatic N) is 1. The van der Waals surface area contributed by atoms with Crippen LogP contribution in [0.5, 0.6) is 0 Å². The summed E-state index contributed by atoms with van der Waals surface area (Å²) in [5, 5.41) is 3.52. The van der Waals surface area contributed by atoms with Gasteiger partial charge in [-0.05, 0) is 19.8 Å². The Hall–Kier alpha value is -1.00. The third-order valence-electron chi connectivity index (χ3n) is 4.68. The van der Waals surface area contributed by atoms with E-state index in [2.05, 4.69) is 26.1 Å². The lowest BCUT2D eigenvalue weighted by molar-refractivity contribution is -0.0636. The first kappa shape index (κ1) is 16.4. The van der Waals surface area contributed by atoms with Crippen LogP contribution in [0.4, 0.5) is 8.78 Å². The van der Waals surface area contributed by atoms with E-state index in [1.54, 1.807) is 18.2 Å². The summed E-state index contributed by atoms with van der Waals surface area (Å²) in [4.78, 5) is 1.97. The van der Waals surface area contributed by atoms with Crippen LogP contribution in [0.2, 0.25) is 0 Å². The van der Waals surface area contributed by atoms with E-state index < -0.39 is 5.92 Å². The van der Waals surface area contributed by atoms with E-state index >= 15 is 0 Å². The Balaban J connectivity index is 2.14. The van der Waals surface area contributed by atoms with E-state index in [-0.39, 0.29) is 23.7 Å². The van der Waals surface area contributed by atoms with Crippen molar-refractivity contribution in [1.29, 1.82) is 0 Å². The van der Waals surface area contributed by atoms with Crippen molar-refractivity contribution in [3.8, 4) is 0 Å². The van der Waals surface area contributed by atoms with Crippen LogP contribution in [0.15, 0.2) is 30.3 Å². The number of piperazine rings is 1. The Bertz CT molecular complexity index is 449. The molecule has 4 heteroatoms. The van der Waals surface area contributed by atoms with Gasteiger partial charge in [-0.15, -0.1) is 0 Å². The van der Waals surface area contributed by atoms with Gasteiger partial charge in [0.15, 0.2) is 0 Å². The molecule has 1 saturated heterocycles. The fourth-order valence-electron chi connectivity index (χ4n) is 2.98. The van der Waals surface area contributed by atoms with Crippen LogP contribution in [-0.4, -0.2) is 36.1 Å². The van der Waals surface area contributed by atoms with Crippen molar-refractivity contribution in [2.24, 2.45) is 0 Å². The molecule has 1 aliphatic heterocycles. The van der Waals surface area contributed by atoms with E-state index in [4.69, 9.17) is 0 Å². The highest BCUT2D eigenvalue weighted by atomic mass is 19.3. The molecule has 1 aromatic carbocycles. The summed E-state index contributed by atoms with van der Waals surface area (Å²) in [7, 11) is 0. The molecule has 21 heavy (non-hydrogen) atoms. The number of alkyl halides is 2. The van der Waals surface area contributed by atoms with Crippen molar-refractivity contribution >= 4 is 0 Å². The van der Waals surface area contributed by atoms with Crippen molar-refractivity contribution in [3.05, 3.63) is 35.9 Å². The van der Waals surface area contributed by atoms with E-state index in [0.717, 1.165) is 19.4 Å². The minimum Gasteiger partial charge on any atom is -0.309 e. The lowest BCUT2D eigenvalue weighted by Gasteiger charge is -2.46. The standard InChI is InChI=1S/C17H26F2N2/c1-4-15-11-20-16(3,5-2)12-21(15)13-17(18,19)14-9-7-6-8-10-14/h6-10,15,20H,4-5,11-13H2,1-3H3. The fourth-order valence-corrected chi connectivity index (χ4v) is 2.98. The van der Waals surface area contributed by atoms with Crippen LogP contribution in [0.25, 0.3) is 0 Å². The van der Waals surface area contributed by atoms with Crippen molar-refractivity contribution < 1.29 is 8.78 Å². The molecule has 0 aromatic heterocycles. The van der Waals surface area contributed by atoms with Crippen LogP contribution in [0, 0.1) is 0 Å². The van der Waals surface area contributed by atoms with Crippen molar-refractivity contribution in [3.63, 3.8) is 0 Å². The molecule has 0 radical (unpaired) electrons. The molecule has 1 N–H and O–H groups in total. The van der Waals surface area contributed by atoms with Gasteiger partial charge in [-0.1, -0.05) is 44.2 Å². The molecule has 2 atom stereocenters. The maximum Gasteiger partial charge on any atom is 0.285 e. The summed E-state index contributed by atoms with van der Waals surface area (Å²) < 4.78 is 29.1. The van der Waals surface area contributed by atoms with Gasteiger partial charge in [0.2, 0.25) is 0 Å². The predicted molar refractivity (Wildman–Crippen MR) is 82.7 cm³/mol. The molecule has 0 amide bonds. The SMILES string of the molecule is CCC1CNC(C)(CC)CN1CC(F)(F)c1ccccc1. The van der Waals surface area contributed by atoms with Crippen molar-refractivity contribution in [2.45, 2.75) is 51.1 Å². The smallest absolute Gasteiger partial charge is 0.285 e. The minimum absolute atomic E-state index is 0.0710. The Labute approximate surface area is 126 Å². The maximum atomic E-state index is 14.5. The van der Waals surface area contributed by atoms with Gasteiger partial charge in [0, 0.05) is 30.2 Å².